The number of nitrogens with zero attached hydrogens (tertiary/aromatic N) is 2. The fourth-order valence-corrected chi connectivity index (χ4v) is 4.26. The number of nitrogens with one attached hydrogen (secondary N) is 1. The molecule has 1 saturated heterocycles. The number of hydrogen-bond donors (Lipinski definition) is 2. The SMILES string of the molecule is CCN(CC1CCCO1)S(=O)(=O)c1c(CO)n[nH]c1C. The Kier molecular flexibility index (Phi) is 4.79. The number of aromatic amines is 1. The predicted octanol–water partition coefficient (Wildman–Crippen LogP) is 0.400. The fraction of sp³-hybridized carbons (Fsp3) is 0.750. The summed E-state index contributed by atoms with van der Waals surface area (Å²) in [6, 6.07) is 0. The van der Waals surface area contributed by atoms with Gasteiger partial charge in [-0.1, -0.05) is 6.92 Å². The van der Waals surface area contributed by atoms with Crippen molar-refractivity contribution in [1.82, 2.24) is 14.5 Å². The van der Waals surface area contributed by atoms with Crippen LogP contribution in [0, 0.1) is 6.92 Å². The van der Waals surface area contributed by atoms with Gasteiger partial charge in [-0.05, 0) is 19.8 Å². The average Bonchev–Trinajstić information content (AvgIpc) is 3.04. The lowest BCUT2D eigenvalue weighted by atomic mass is 10.2. The lowest BCUT2D eigenvalue weighted by Crippen LogP contribution is -2.37. The van der Waals surface area contributed by atoms with Crippen LogP contribution in [0.2, 0.25) is 0 Å². The molecular formula is C12H21N3O4S. The number of sulfonamides is 1. The van der Waals surface area contributed by atoms with Gasteiger partial charge < -0.3 is 9.84 Å². The van der Waals surface area contributed by atoms with Crippen molar-refractivity contribution in [2.45, 2.75) is 44.3 Å². The second-order valence-electron chi connectivity index (χ2n) is 4.87. The molecule has 7 nitrogen and oxygen atoms in total. The van der Waals surface area contributed by atoms with E-state index in [0.717, 1.165) is 12.8 Å². The van der Waals surface area contributed by atoms with Gasteiger partial charge in [0.2, 0.25) is 10.0 Å². The molecule has 1 aromatic rings. The molecule has 0 radical (unpaired) electrons. The number of H-pyrrole nitrogens is 1. The number of ether oxygens (including phenoxy) is 1. The van der Waals surface area contributed by atoms with Crippen LogP contribution in [0.1, 0.15) is 31.2 Å². The van der Waals surface area contributed by atoms with Gasteiger partial charge in [0.15, 0.2) is 0 Å². The van der Waals surface area contributed by atoms with Crippen LogP contribution in [0.4, 0.5) is 0 Å². The van der Waals surface area contributed by atoms with Crippen LogP contribution in [-0.4, -0.2) is 53.8 Å². The first kappa shape index (κ1) is 15.4. The van der Waals surface area contributed by atoms with Crippen molar-refractivity contribution >= 4 is 10.0 Å². The van der Waals surface area contributed by atoms with Gasteiger partial charge in [-0.25, -0.2) is 8.42 Å². The van der Waals surface area contributed by atoms with E-state index >= 15 is 0 Å². The van der Waals surface area contributed by atoms with Crippen molar-refractivity contribution in [1.29, 1.82) is 0 Å². The lowest BCUT2D eigenvalue weighted by molar-refractivity contribution is 0.0946. The number of likely N-dealkylation sites (N-methyl/N-ethyl adjacent to an activating group) is 1. The van der Waals surface area contributed by atoms with Gasteiger partial charge in [0, 0.05) is 19.7 Å². The number of hydrogen-bond acceptors (Lipinski definition) is 5. The first-order valence-electron chi connectivity index (χ1n) is 6.77. The molecule has 0 saturated carbocycles. The summed E-state index contributed by atoms with van der Waals surface area (Å²) in [5.74, 6) is 0. The van der Waals surface area contributed by atoms with Crippen molar-refractivity contribution in [3.05, 3.63) is 11.4 Å². The van der Waals surface area contributed by atoms with E-state index in [-0.39, 0.29) is 16.7 Å². The molecule has 1 fully saturated rings. The summed E-state index contributed by atoms with van der Waals surface area (Å²) < 4.78 is 32.3. The van der Waals surface area contributed by atoms with E-state index < -0.39 is 16.6 Å². The second-order valence-corrected chi connectivity index (χ2v) is 6.75. The molecule has 1 atom stereocenters. The quantitative estimate of drug-likeness (QED) is 0.793. The van der Waals surface area contributed by atoms with Crippen molar-refractivity contribution in [2.75, 3.05) is 19.7 Å². The molecule has 0 amide bonds. The molecule has 0 aromatic carbocycles. The molecule has 1 unspecified atom stereocenters. The van der Waals surface area contributed by atoms with Crippen molar-refractivity contribution in [2.24, 2.45) is 0 Å². The highest BCUT2D eigenvalue weighted by molar-refractivity contribution is 7.89. The minimum atomic E-state index is -3.67. The summed E-state index contributed by atoms with van der Waals surface area (Å²) in [6.07, 6.45) is 1.80. The normalized spacial score (nSPS) is 19.9. The number of aliphatic hydroxyl groups is 1. The summed E-state index contributed by atoms with van der Waals surface area (Å²) >= 11 is 0. The van der Waals surface area contributed by atoms with Crippen molar-refractivity contribution in [3.63, 3.8) is 0 Å². The van der Waals surface area contributed by atoms with E-state index in [0.29, 0.717) is 25.4 Å². The molecule has 2 heterocycles. The Morgan fingerprint density at radius 2 is 2.30 bits per heavy atom. The standard InChI is InChI=1S/C12H21N3O4S/c1-3-15(7-10-5-4-6-19-10)20(17,18)12-9(2)13-14-11(12)8-16/h10,16H,3-8H2,1-2H3,(H,13,14). The van der Waals surface area contributed by atoms with Crippen LogP contribution in [0.15, 0.2) is 4.90 Å². The summed E-state index contributed by atoms with van der Waals surface area (Å²) in [5.41, 5.74) is 0.605. The molecule has 0 spiro atoms. The molecule has 8 heteroatoms. The molecule has 20 heavy (non-hydrogen) atoms. The smallest absolute Gasteiger partial charge is 0.246 e. The zero-order valence-corrected chi connectivity index (χ0v) is 12.6. The summed E-state index contributed by atoms with van der Waals surface area (Å²) in [6.45, 7) is 4.41. The monoisotopic (exact) mass is 303 g/mol. The van der Waals surface area contributed by atoms with Crippen molar-refractivity contribution in [3.8, 4) is 0 Å². The van der Waals surface area contributed by atoms with Crippen LogP contribution in [0.5, 0.6) is 0 Å². The maximum absolute atomic E-state index is 12.7. The Bertz CT molecular complexity index is 549. The van der Waals surface area contributed by atoms with Crippen LogP contribution < -0.4 is 0 Å². The maximum atomic E-state index is 12.7. The molecule has 114 valence electrons. The van der Waals surface area contributed by atoms with Crippen LogP contribution in [-0.2, 0) is 21.4 Å². The topological polar surface area (TPSA) is 95.5 Å². The Labute approximate surface area is 119 Å². The predicted molar refractivity (Wildman–Crippen MR) is 72.7 cm³/mol. The minimum Gasteiger partial charge on any atom is -0.390 e. The van der Waals surface area contributed by atoms with Gasteiger partial charge in [0.05, 0.1) is 18.4 Å². The highest BCUT2D eigenvalue weighted by atomic mass is 32.2. The largest absolute Gasteiger partial charge is 0.390 e. The lowest BCUT2D eigenvalue weighted by Gasteiger charge is -2.23. The van der Waals surface area contributed by atoms with E-state index in [1.807, 2.05) is 0 Å². The molecule has 1 aromatic heterocycles. The Morgan fingerprint density at radius 3 is 2.85 bits per heavy atom. The van der Waals surface area contributed by atoms with Gasteiger partial charge >= 0.3 is 0 Å². The van der Waals surface area contributed by atoms with Crippen molar-refractivity contribution < 1.29 is 18.3 Å². The van der Waals surface area contributed by atoms with Gasteiger partial charge in [0.1, 0.15) is 10.6 Å². The van der Waals surface area contributed by atoms with E-state index in [2.05, 4.69) is 10.2 Å². The third-order valence-electron chi connectivity index (χ3n) is 3.49. The highest BCUT2D eigenvalue weighted by Gasteiger charge is 2.32. The molecule has 2 rings (SSSR count). The second kappa shape index (κ2) is 6.21. The molecule has 0 bridgehead atoms. The van der Waals surface area contributed by atoms with Gasteiger partial charge in [0.25, 0.3) is 0 Å². The van der Waals surface area contributed by atoms with E-state index in [4.69, 9.17) is 4.74 Å². The maximum Gasteiger partial charge on any atom is 0.246 e. The number of aryl methyl sites for hydroxylation is 1. The summed E-state index contributed by atoms with van der Waals surface area (Å²) in [4.78, 5) is 0.0832. The summed E-state index contributed by atoms with van der Waals surface area (Å²) in [5, 5.41) is 15.7. The van der Waals surface area contributed by atoms with Gasteiger partial charge in [-0.2, -0.15) is 9.40 Å². The molecule has 1 aliphatic rings. The first-order chi connectivity index (χ1) is 9.50. The molecule has 0 aliphatic carbocycles. The average molecular weight is 303 g/mol. The third kappa shape index (κ3) is 2.88. The minimum absolute atomic E-state index is 0.0468. The van der Waals surface area contributed by atoms with E-state index in [1.54, 1.807) is 13.8 Å². The third-order valence-corrected chi connectivity index (χ3v) is 5.64. The van der Waals surface area contributed by atoms with Crippen LogP contribution >= 0.6 is 0 Å². The zero-order chi connectivity index (χ0) is 14.8. The Balaban J connectivity index is 2.28. The zero-order valence-electron chi connectivity index (χ0n) is 11.8. The highest BCUT2D eigenvalue weighted by Crippen LogP contribution is 2.24. The van der Waals surface area contributed by atoms with Gasteiger partial charge in [-0.15, -0.1) is 0 Å². The molecule has 2 N–H and O–H groups in total. The number of rotatable bonds is 6. The van der Waals surface area contributed by atoms with E-state index in [1.165, 1.54) is 4.31 Å². The Morgan fingerprint density at radius 1 is 1.55 bits per heavy atom. The van der Waals surface area contributed by atoms with Crippen LogP contribution in [0.25, 0.3) is 0 Å². The fourth-order valence-electron chi connectivity index (χ4n) is 2.46. The first-order valence-corrected chi connectivity index (χ1v) is 8.21. The number of aliphatic hydroxyl groups excluding tert-OH is 1. The Hall–Kier alpha value is -0.960. The molecule has 1 aliphatic heterocycles. The van der Waals surface area contributed by atoms with E-state index in [9.17, 15) is 13.5 Å². The summed E-state index contributed by atoms with van der Waals surface area (Å²) in [7, 11) is -3.67. The molecular weight excluding hydrogens is 282 g/mol. The van der Waals surface area contributed by atoms with Crippen LogP contribution in [0.3, 0.4) is 0 Å². The van der Waals surface area contributed by atoms with Gasteiger partial charge in [-0.3, -0.25) is 5.10 Å². The number of aromatic nitrogens is 2.